The molecule has 0 unspecified atom stereocenters. The third-order valence-electron chi connectivity index (χ3n) is 6.74. The maximum atomic E-state index is 10.1. The summed E-state index contributed by atoms with van der Waals surface area (Å²) in [5, 5.41) is 10.1. The van der Waals surface area contributed by atoms with Gasteiger partial charge >= 0.3 is 0 Å². The maximum Gasteiger partial charge on any atom is 0.213 e. The predicted molar refractivity (Wildman–Crippen MR) is 157 cm³/mol. The number of phenolic OH excluding ortho intramolecular Hbond substituents is 1. The van der Waals surface area contributed by atoms with Gasteiger partial charge in [-0.05, 0) is 79.6 Å². The second-order valence-corrected chi connectivity index (χ2v) is 9.81. The summed E-state index contributed by atoms with van der Waals surface area (Å²) in [6, 6.07) is 25.3. The van der Waals surface area contributed by atoms with Crippen LogP contribution in [0.2, 0.25) is 0 Å². The number of hydrogen-bond acceptors (Lipinski definition) is 1. The van der Waals surface area contributed by atoms with Gasteiger partial charge in [0, 0.05) is 17.7 Å². The average molecular weight is 487 g/mol. The second-order valence-electron chi connectivity index (χ2n) is 9.81. The number of aromatic hydroxyl groups is 1. The zero-order valence-corrected chi connectivity index (χ0v) is 22.5. The highest BCUT2D eigenvalue weighted by atomic mass is 16.3. The highest BCUT2D eigenvalue weighted by molar-refractivity contribution is 5.77. The number of benzene rings is 3. The summed E-state index contributed by atoms with van der Waals surface area (Å²) in [6.45, 7) is 8.47. The molecule has 0 bridgehead atoms. The lowest BCUT2D eigenvalue weighted by molar-refractivity contribution is -0.660. The van der Waals surface area contributed by atoms with E-state index in [9.17, 15) is 5.11 Å². The summed E-state index contributed by atoms with van der Waals surface area (Å²) in [6.07, 6.45) is 13.5. The molecule has 4 rings (SSSR count). The summed E-state index contributed by atoms with van der Waals surface area (Å²) in [5.41, 5.74) is 11.9. The fourth-order valence-corrected chi connectivity index (χ4v) is 4.69. The van der Waals surface area contributed by atoms with Crippen LogP contribution in [0.3, 0.4) is 0 Å². The predicted octanol–water partition coefficient (Wildman–Crippen LogP) is 8.54. The smallest absolute Gasteiger partial charge is 0.213 e. The molecule has 37 heavy (non-hydrogen) atoms. The molecule has 186 valence electrons. The van der Waals surface area contributed by atoms with E-state index in [2.05, 4.69) is 111 Å². The molecule has 2 heteroatoms. The Morgan fingerprint density at radius 1 is 0.838 bits per heavy atom. The Bertz CT molecular complexity index is 1480. The molecule has 0 saturated heterocycles. The third-order valence-corrected chi connectivity index (χ3v) is 6.74. The van der Waals surface area contributed by atoms with Gasteiger partial charge in [-0.2, -0.15) is 0 Å². The fourth-order valence-electron chi connectivity index (χ4n) is 4.69. The summed E-state index contributed by atoms with van der Waals surface area (Å²) < 4.78 is 2.19. The van der Waals surface area contributed by atoms with Crippen molar-refractivity contribution >= 4 is 12.2 Å². The Morgan fingerprint density at radius 2 is 1.59 bits per heavy atom. The molecule has 0 spiro atoms. The number of rotatable bonds is 7. The van der Waals surface area contributed by atoms with E-state index in [0.29, 0.717) is 5.75 Å². The Labute approximate surface area is 221 Å². The van der Waals surface area contributed by atoms with Crippen LogP contribution in [0.25, 0.3) is 34.5 Å². The van der Waals surface area contributed by atoms with Gasteiger partial charge in [-0.3, -0.25) is 0 Å². The largest absolute Gasteiger partial charge is 0.507 e. The van der Waals surface area contributed by atoms with E-state index in [1.165, 1.54) is 44.6 Å². The van der Waals surface area contributed by atoms with E-state index in [4.69, 9.17) is 0 Å². The molecular formula is C35H36NO+. The zero-order chi connectivity index (χ0) is 26.4. The van der Waals surface area contributed by atoms with E-state index in [0.717, 1.165) is 17.5 Å². The van der Waals surface area contributed by atoms with Crippen LogP contribution in [0, 0.1) is 20.8 Å². The van der Waals surface area contributed by atoms with Crippen molar-refractivity contribution in [3.8, 4) is 28.1 Å². The molecule has 3 aromatic carbocycles. The molecule has 1 aromatic heterocycles. The van der Waals surface area contributed by atoms with Crippen molar-refractivity contribution in [3.05, 3.63) is 131 Å². The van der Waals surface area contributed by atoms with Gasteiger partial charge in [-0.15, -0.1) is 0 Å². The van der Waals surface area contributed by atoms with Crippen molar-refractivity contribution in [1.29, 1.82) is 0 Å². The molecule has 0 amide bonds. The molecule has 0 aliphatic rings. The van der Waals surface area contributed by atoms with Gasteiger partial charge in [-0.1, -0.05) is 84.5 Å². The minimum Gasteiger partial charge on any atom is -0.507 e. The quantitative estimate of drug-likeness (QED) is 0.205. The first-order valence-corrected chi connectivity index (χ1v) is 12.8. The summed E-state index contributed by atoms with van der Waals surface area (Å²) in [7, 11) is 2.11. The van der Waals surface area contributed by atoms with E-state index in [1.807, 2.05) is 31.2 Å². The first-order valence-electron chi connectivity index (χ1n) is 12.8. The minimum atomic E-state index is 0.314. The van der Waals surface area contributed by atoms with Crippen molar-refractivity contribution < 1.29 is 9.67 Å². The van der Waals surface area contributed by atoms with Crippen LogP contribution in [0.1, 0.15) is 41.2 Å². The van der Waals surface area contributed by atoms with Gasteiger partial charge in [-0.25, -0.2) is 4.57 Å². The van der Waals surface area contributed by atoms with Gasteiger partial charge in [0.25, 0.3) is 0 Å². The molecule has 0 aliphatic heterocycles. The second kappa shape index (κ2) is 11.7. The highest BCUT2D eigenvalue weighted by Gasteiger charge is 2.16. The van der Waals surface area contributed by atoms with Crippen LogP contribution in [-0.2, 0) is 7.05 Å². The topological polar surface area (TPSA) is 24.1 Å². The lowest BCUT2D eigenvalue weighted by Gasteiger charge is -2.11. The highest BCUT2D eigenvalue weighted by Crippen LogP contribution is 2.30. The van der Waals surface area contributed by atoms with E-state index in [1.54, 1.807) is 6.07 Å². The third kappa shape index (κ3) is 6.34. The van der Waals surface area contributed by atoms with Gasteiger partial charge in [0.05, 0.1) is 5.56 Å². The van der Waals surface area contributed by atoms with Gasteiger partial charge in [0.1, 0.15) is 12.8 Å². The number of pyridine rings is 1. The maximum absolute atomic E-state index is 10.1. The summed E-state index contributed by atoms with van der Waals surface area (Å²) in [5.74, 6) is 0.314. The monoisotopic (exact) mass is 486 g/mol. The fraction of sp³-hybridized carbons (Fsp3) is 0.171. The van der Waals surface area contributed by atoms with Crippen LogP contribution in [-0.4, -0.2) is 5.11 Å². The summed E-state index contributed by atoms with van der Waals surface area (Å²) >= 11 is 0. The first kappa shape index (κ1) is 25.9. The van der Waals surface area contributed by atoms with E-state index < -0.39 is 0 Å². The van der Waals surface area contributed by atoms with Gasteiger partial charge in [0.2, 0.25) is 5.69 Å². The van der Waals surface area contributed by atoms with Crippen LogP contribution in [0.15, 0.2) is 103 Å². The minimum absolute atomic E-state index is 0.314. The standard InChI is InChI=1S/C35H35NO/c1-25(12-9-17-30-20-19-26(2)23-34(30)37)11-8-16-29-15-6-7-18-32(29)33-24-31(21-22-36(33)5)35-27(3)13-10-14-28(35)4/h6-10,12-24H,11H2,1-5H3/p+1/b16-8+,17-9+,25-12+. The molecule has 4 aromatic rings. The number of aromatic nitrogens is 1. The lowest BCUT2D eigenvalue weighted by Crippen LogP contribution is -2.30. The van der Waals surface area contributed by atoms with Crippen molar-refractivity contribution in [3.63, 3.8) is 0 Å². The van der Waals surface area contributed by atoms with Crippen LogP contribution >= 0.6 is 0 Å². The molecule has 0 fully saturated rings. The Balaban J connectivity index is 1.55. The molecule has 0 aliphatic carbocycles. The number of nitrogens with zero attached hydrogens (tertiary/aromatic N) is 1. The Hall–Kier alpha value is -4.17. The number of phenols is 1. The molecule has 2 nitrogen and oxygen atoms in total. The Kier molecular flexibility index (Phi) is 8.20. The van der Waals surface area contributed by atoms with Crippen molar-refractivity contribution in [2.75, 3.05) is 0 Å². The van der Waals surface area contributed by atoms with Crippen molar-refractivity contribution in [2.24, 2.45) is 7.05 Å². The molecule has 0 saturated carbocycles. The zero-order valence-electron chi connectivity index (χ0n) is 22.5. The van der Waals surface area contributed by atoms with Crippen molar-refractivity contribution in [2.45, 2.75) is 34.1 Å². The Morgan fingerprint density at radius 3 is 2.35 bits per heavy atom. The van der Waals surface area contributed by atoms with Crippen LogP contribution < -0.4 is 4.57 Å². The average Bonchev–Trinajstić information content (AvgIpc) is 2.86. The van der Waals surface area contributed by atoms with Gasteiger partial charge in [0.15, 0.2) is 6.20 Å². The molecular weight excluding hydrogens is 450 g/mol. The van der Waals surface area contributed by atoms with Crippen LogP contribution in [0.4, 0.5) is 0 Å². The number of hydrogen-bond donors (Lipinski definition) is 1. The van der Waals surface area contributed by atoms with E-state index >= 15 is 0 Å². The van der Waals surface area contributed by atoms with Crippen LogP contribution in [0.5, 0.6) is 5.75 Å². The normalized spacial score (nSPS) is 12.1. The molecule has 1 heterocycles. The molecule has 0 radical (unpaired) electrons. The van der Waals surface area contributed by atoms with E-state index in [-0.39, 0.29) is 0 Å². The first-order chi connectivity index (χ1) is 17.8. The summed E-state index contributed by atoms with van der Waals surface area (Å²) in [4.78, 5) is 0. The lowest BCUT2D eigenvalue weighted by atomic mass is 9.94. The van der Waals surface area contributed by atoms with Gasteiger partial charge < -0.3 is 5.11 Å². The van der Waals surface area contributed by atoms with Crippen molar-refractivity contribution in [1.82, 2.24) is 0 Å². The number of aryl methyl sites for hydroxylation is 4. The molecule has 1 N–H and O–H groups in total. The molecule has 0 atom stereocenters. The SMILES string of the molecule is C/C(=C\C=C\c1ccc(C)cc1O)C/C=C/c1ccccc1-c1cc(-c2c(C)cccc2C)cc[n+]1C. The number of allylic oxidation sites excluding steroid dienone is 4.